The van der Waals surface area contributed by atoms with Crippen molar-refractivity contribution in [2.75, 3.05) is 13.2 Å². The topological polar surface area (TPSA) is 78.9 Å². The van der Waals surface area contributed by atoms with Crippen molar-refractivity contribution in [3.05, 3.63) is 134 Å². The summed E-state index contributed by atoms with van der Waals surface area (Å²) in [5.74, 6) is -1.05. The zero-order valence-electron chi connectivity index (χ0n) is 47.1. The van der Waals surface area contributed by atoms with Gasteiger partial charge in [-0.2, -0.15) is 0 Å². The first-order valence-electron chi connectivity index (χ1n) is 29.7. The molecule has 0 spiro atoms. The fourth-order valence-electron chi connectivity index (χ4n) is 7.74. The fourth-order valence-corrected chi connectivity index (χ4v) is 7.74. The minimum atomic E-state index is -0.836. The highest BCUT2D eigenvalue weighted by molar-refractivity contribution is 5.71. The van der Waals surface area contributed by atoms with E-state index in [-0.39, 0.29) is 44.0 Å². The normalized spacial score (nSPS) is 13.1. The third kappa shape index (κ3) is 58.3. The molecule has 412 valence electrons. The van der Waals surface area contributed by atoms with Crippen molar-refractivity contribution in [2.45, 2.75) is 258 Å². The number of rotatable bonds is 52. The van der Waals surface area contributed by atoms with Gasteiger partial charge < -0.3 is 14.2 Å². The molecular weight excluding hydrogens is 901 g/mol. The van der Waals surface area contributed by atoms with E-state index in [1.165, 1.54) is 103 Å². The van der Waals surface area contributed by atoms with E-state index >= 15 is 0 Å². The van der Waals surface area contributed by atoms with Crippen molar-refractivity contribution >= 4 is 17.9 Å². The van der Waals surface area contributed by atoms with E-state index in [1.54, 1.807) is 0 Å². The molecule has 0 amide bonds. The van der Waals surface area contributed by atoms with Gasteiger partial charge in [0.1, 0.15) is 13.2 Å². The molecule has 1 atom stereocenters. The molecule has 0 unspecified atom stereocenters. The highest BCUT2D eigenvalue weighted by atomic mass is 16.6. The van der Waals surface area contributed by atoms with Crippen LogP contribution in [-0.4, -0.2) is 37.2 Å². The molecule has 0 aliphatic carbocycles. The van der Waals surface area contributed by atoms with E-state index < -0.39 is 6.10 Å². The average molecular weight is 1010 g/mol. The van der Waals surface area contributed by atoms with Crippen LogP contribution in [-0.2, 0) is 28.6 Å². The van der Waals surface area contributed by atoms with Gasteiger partial charge in [-0.25, -0.2) is 0 Å². The smallest absolute Gasteiger partial charge is 0.306 e. The Morgan fingerprint density at radius 3 is 0.904 bits per heavy atom. The minimum Gasteiger partial charge on any atom is -0.462 e. The first-order valence-corrected chi connectivity index (χ1v) is 29.7. The summed E-state index contributed by atoms with van der Waals surface area (Å²) in [6.07, 6.45) is 84.6. The molecule has 0 aromatic carbocycles. The Bertz CT molecular complexity index is 1580. The summed E-state index contributed by atoms with van der Waals surface area (Å²) < 4.78 is 16.8. The SMILES string of the molecule is CC/C=C\C/C=C\C/C=C\C/C=C\C/C=C\CCCC(=O)OC[C@H](COC(=O)CCCCCCCCCCCCC/C=C\CCCCCCCC)OC(=O)CCC/C=C\C/C=C\C/C=C\C/C=C\C/C=C\CC. The number of ether oxygens (including phenoxy) is 3. The van der Waals surface area contributed by atoms with Gasteiger partial charge in [-0.15, -0.1) is 0 Å². The van der Waals surface area contributed by atoms with Crippen LogP contribution in [0.3, 0.4) is 0 Å². The fraction of sp³-hybridized carbons (Fsp3) is 0.627. The van der Waals surface area contributed by atoms with Crippen LogP contribution in [0, 0.1) is 0 Å². The number of hydrogen-bond donors (Lipinski definition) is 0. The Balaban J connectivity index is 4.53. The number of esters is 3. The molecule has 0 aromatic rings. The predicted octanol–water partition coefficient (Wildman–Crippen LogP) is 20.2. The Hall–Kier alpha value is -4.45. The molecule has 6 nitrogen and oxygen atoms in total. The lowest BCUT2D eigenvalue weighted by atomic mass is 10.0. The Morgan fingerprint density at radius 1 is 0.288 bits per heavy atom. The van der Waals surface area contributed by atoms with Crippen LogP contribution in [0.15, 0.2) is 134 Å². The van der Waals surface area contributed by atoms with Gasteiger partial charge in [0.2, 0.25) is 0 Å². The highest BCUT2D eigenvalue weighted by Gasteiger charge is 2.19. The summed E-state index contributed by atoms with van der Waals surface area (Å²) in [7, 11) is 0. The van der Waals surface area contributed by atoms with Gasteiger partial charge in [0.15, 0.2) is 6.10 Å². The maximum Gasteiger partial charge on any atom is 0.306 e. The van der Waals surface area contributed by atoms with Crippen LogP contribution in [0.25, 0.3) is 0 Å². The number of unbranched alkanes of at least 4 members (excludes halogenated alkanes) is 19. The van der Waals surface area contributed by atoms with Gasteiger partial charge in [-0.05, 0) is 122 Å². The third-order valence-corrected chi connectivity index (χ3v) is 12.1. The van der Waals surface area contributed by atoms with Gasteiger partial charge in [-0.1, -0.05) is 244 Å². The number of hydrogen-bond acceptors (Lipinski definition) is 6. The van der Waals surface area contributed by atoms with Crippen LogP contribution >= 0.6 is 0 Å². The minimum absolute atomic E-state index is 0.122. The summed E-state index contributed by atoms with van der Waals surface area (Å²) in [6, 6.07) is 0. The van der Waals surface area contributed by atoms with E-state index in [4.69, 9.17) is 14.2 Å². The van der Waals surface area contributed by atoms with Crippen LogP contribution < -0.4 is 0 Å². The van der Waals surface area contributed by atoms with Crippen molar-refractivity contribution in [3.63, 3.8) is 0 Å². The van der Waals surface area contributed by atoms with Crippen molar-refractivity contribution in [1.82, 2.24) is 0 Å². The van der Waals surface area contributed by atoms with E-state index in [9.17, 15) is 14.4 Å². The Morgan fingerprint density at radius 2 is 0.548 bits per heavy atom. The number of carbonyl (C=O) groups excluding carboxylic acids is 3. The largest absolute Gasteiger partial charge is 0.462 e. The molecule has 73 heavy (non-hydrogen) atoms. The molecule has 0 rings (SSSR count). The van der Waals surface area contributed by atoms with Gasteiger partial charge in [-0.3, -0.25) is 14.4 Å². The molecular formula is C67H108O6. The van der Waals surface area contributed by atoms with E-state index in [1.807, 2.05) is 0 Å². The van der Waals surface area contributed by atoms with Crippen LogP contribution in [0.5, 0.6) is 0 Å². The van der Waals surface area contributed by atoms with Crippen LogP contribution in [0.4, 0.5) is 0 Å². The maximum atomic E-state index is 12.8. The number of carbonyl (C=O) groups is 3. The summed E-state index contributed by atoms with van der Waals surface area (Å²) >= 11 is 0. The molecule has 0 bridgehead atoms. The second kappa shape index (κ2) is 60.1. The molecule has 0 N–H and O–H groups in total. The van der Waals surface area contributed by atoms with E-state index in [0.29, 0.717) is 19.3 Å². The Kier molecular flexibility index (Phi) is 56.4. The summed E-state index contributed by atoms with van der Waals surface area (Å²) in [5, 5.41) is 0. The van der Waals surface area contributed by atoms with Crippen LogP contribution in [0.1, 0.15) is 252 Å². The zero-order valence-corrected chi connectivity index (χ0v) is 47.1. The van der Waals surface area contributed by atoms with Gasteiger partial charge >= 0.3 is 17.9 Å². The van der Waals surface area contributed by atoms with Crippen molar-refractivity contribution in [2.24, 2.45) is 0 Å². The molecule has 0 saturated carbocycles. The van der Waals surface area contributed by atoms with Gasteiger partial charge in [0.05, 0.1) is 0 Å². The molecule has 0 saturated heterocycles. The third-order valence-electron chi connectivity index (χ3n) is 12.1. The molecule has 0 aliphatic heterocycles. The van der Waals surface area contributed by atoms with Crippen LogP contribution in [0.2, 0.25) is 0 Å². The second-order valence-corrected chi connectivity index (χ2v) is 19.1. The molecule has 0 aromatic heterocycles. The quantitative estimate of drug-likeness (QED) is 0.0261. The van der Waals surface area contributed by atoms with E-state index in [2.05, 4.69) is 154 Å². The number of allylic oxidation sites excluding steroid dienone is 22. The highest BCUT2D eigenvalue weighted by Crippen LogP contribution is 2.14. The van der Waals surface area contributed by atoms with Crippen molar-refractivity contribution < 1.29 is 28.6 Å². The second-order valence-electron chi connectivity index (χ2n) is 19.1. The lowest BCUT2D eigenvalue weighted by molar-refractivity contribution is -0.167. The monoisotopic (exact) mass is 1010 g/mol. The molecule has 0 heterocycles. The summed E-state index contributed by atoms with van der Waals surface area (Å²) in [5.41, 5.74) is 0. The van der Waals surface area contributed by atoms with Gasteiger partial charge in [0, 0.05) is 19.3 Å². The lowest BCUT2D eigenvalue weighted by Gasteiger charge is -2.18. The van der Waals surface area contributed by atoms with Crippen molar-refractivity contribution in [1.29, 1.82) is 0 Å². The molecule has 0 fully saturated rings. The van der Waals surface area contributed by atoms with E-state index in [0.717, 1.165) is 96.3 Å². The standard InChI is InChI=1S/C67H108O6/c1-4-7-10-13-16-19-22-25-28-31-32-33-34-37-39-42-45-48-51-54-57-60-66(69)72-63-64(73-67(70)61-58-55-52-49-46-43-40-36-30-27-24-21-18-15-12-9-6-3)62-71-65(68)59-56-53-50-47-44-41-38-35-29-26-23-20-17-14-11-8-5-2/h8-9,11-12,17-18,20-21,25-30,38,40-41,43,47,49-50,52,64H,4-7,10,13-16,19,22-24,31-37,39,42,44-46,48,51,53-63H2,1-3H3/b11-8-,12-9-,20-17-,21-18-,28-25-,29-26-,30-27-,41-38-,43-40-,50-47-,52-49-/t64-/m1/s1. The van der Waals surface area contributed by atoms with Gasteiger partial charge in [0.25, 0.3) is 0 Å². The summed E-state index contributed by atoms with van der Waals surface area (Å²) in [4.78, 5) is 38.2. The molecule has 0 aliphatic rings. The zero-order chi connectivity index (χ0) is 52.9. The predicted molar refractivity (Wildman–Crippen MR) is 316 cm³/mol. The van der Waals surface area contributed by atoms with Crippen molar-refractivity contribution in [3.8, 4) is 0 Å². The molecule has 0 radical (unpaired) electrons. The average Bonchev–Trinajstić information content (AvgIpc) is 3.39. The maximum absolute atomic E-state index is 12.8. The molecule has 6 heteroatoms. The lowest BCUT2D eigenvalue weighted by Crippen LogP contribution is -2.30. The Labute approximate surface area is 449 Å². The first kappa shape index (κ1) is 68.6. The first-order chi connectivity index (χ1) is 36.0. The summed E-state index contributed by atoms with van der Waals surface area (Å²) in [6.45, 7) is 6.31.